The molecule has 0 amide bonds. The Balaban J connectivity index is 2.29. The van der Waals surface area contributed by atoms with Crippen LogP contribution in [-0.4, -0.2) is 19.0 Å². The fourth-order valence-electron chi connectivity index (χ4n) is 2.03. The lowest BCUT2D eigenvalue weighted by Gasteiger charge is -2.20. The van der Waals surface area contributed by atoms with Gasteiger partial charge in [0.05, 0.1) is 0 Å². The summed E-state index contributed by atoms with van der Waals surface area (Å²) in [4.78, 5) is 4.43. The number of hydrogen-bond donors (Lipinski definition) is 2. The van der Waals surface area contributed by atoms with Gasteiger partial charge in [0, 0.05) is 13.1 Å². The number of aliphatic imine (C=N–C) groups is 1. The molecule has 1 fully saturated rings. The van der Waals surface area contributed by atoms with Crippen LogP contribution in [0.2, 0.25) is 0 Å². The highest BCUT2D eigenvalue weighted by Gasteiger charge is 2.28. The van der Waals surface area contributed by atoms with Crippen LogP contribution in [-0.2, 0) is 0 Å². The number of nitrogens with one attached hydrogen (secondary N) is 1. The Kier molecular flexibility index (Phi) is 4.43. The number of nitrogens with two attached hydrogens (primary N) is 1. The third-order valence-corrected chi connectivity index (χ3v) is 3.13. The van der Waals surface area contributed by atoms with Gasteiger partial charge in [-0.1, -0.05) is 33.6 Å². The van der Waals surface area contributed by atoms with Gasteiger partial charge in [-0.3, -0.25) is 4.99 Å². The fraction of sp³-hybridized carbons (Fsp3) is 0.917. The first-order valence-electron chi connectivity index (χ1n) is 6.06. The molecule has 3 nitrogen and oxygen atoms in total. The van der Waals surface area contributed by atoms with Crippen molar-refractivity contribution in [3.63, 3.8) is 0 Å². The largest absolute Gasteiger partial charge is 0.370 e. The molecule has 1 aliphatic rings. The zero-order valence-corrected chi connectivity index (χ0v) is 10.3. The van der Waals surface area contributed by atoms with Gasteiger partial charge in [0.15, 0.2) is 5.96 Å². The first kappa shape index (κ1) is 12.3. The highest BCUT2D eigenvalue weighted by molar-refractivity contribution is 5.77. The Labute approximate surface area is 93.5 Å². The highest BCUT2D eigenvalue weighted by Crippen LogP contribution is 2.37. The molecule has 3 N–H and O–H groups in total. The van der Waals surface area contributed by atoms with E-state index in [1.54, 1.807) is 0 Å². The third-order valence-electron chi connectivity index (χ3n) is 3.13. The fourth-order valence-corrected chi connectivity index (χ4v) is 2.03. The molecule has 3 heteroatoms. The second-order valence-corrected chi connectivity index (χ2v) is 5.49. The molecule has 0 radical (unpaired) electrons. The normalized spacial score (nSPS) is 20.9. The molecule has 0 aromatic heterocycles. The topological polar surface area (TPSA) is 50.4 Å². The van der Waals surface area contributed by atoms with Crippen molar-refractivity contribution < 1.29 is 0 Å². The second-order valence-electron chi connectivity index (χ2n) is 5.49. The van der Waals surface area contributed by atoms with E-state index < -0.39 is 0 Å². The van der Waals surface area contributed by atoms with Crippen molar-refractivity contribution >= 4 is 5.96 Å². The number of hydrogen-bond acceptors (Lipinski definition) is 1. The van der Waals surface area contributed by atoms with Gasteiger partial charge in [-0.2, -0.15) is 0 Å². The molecular weight excluding hydrogens is 186 g/mol. The Bertz CT molecular complexity index is 215. The van der Waals surface area contributed by atoms with Crippen molar-refractivity contribution in [3.8, 4) is 0 Å². The summed E-state index contributed by atoms with van der Waals surface area (Å²) >= 11 is 0. The van der Waals surface area contributed by atoms with Crippen molar-refractivity contribution in [1.29, 1.82) is 0 Å². The van der Waals surface area contributed by atoms with E-state index in [-0.39, 0.29) is 0 Å². The van der Waals surface area contributed by atoms with Gasteiger partial charge in [0.2, 0.25) is 0 Å². The summed E-state index contributed by atoms with van der Waals surface area (Å²) in [7, 11) is 0. The van der Waals surface area contributed by atoms with Gasteiger partial charge >= 0.3 is 0 Å². The van der Waals surface area contributed by atoms with Gasteiger partial charge < -0.3 is 11.1 Å². The minimum atomic E-state index is 0.407. The van der Waals surface area contributed by atoms with Crippen molar-refractivity contribution in [2.45, 2.75) is 46.5 Å². The monoisotopic (exact) mass is 211 g/mol. The van der Waals surface area contributed by atoms with E-state index in [0.29, 0.717) is 17.3 Å². The lowest BCUT2D eigenvalue weighted by Crippen LogP contribution is -2.35. The minimum absolute atomic E-state index is 0.407. The average molecular weight is 211 g/mol. The van der Waals surface area contributed by atoms with Crippen LogP contribution in [0.4, 0.5) is 0 Å². The molecule has 0 atom stereocenters. The molecule has 0 aromatic carbocycles. The lowest BCUT2D eigenvalue weighted by atomic mass is 9.89. The molecular formula is C12H25N3. The zero-order chi connectivity index (χ0) is 11.3. The van der Waals surface area contributed by atoms with Crippen molar-refractivity contribution in [2.24, 2.45) is 22.1 Å². The van der Waals surface area contributed by atoms with Gasteiger partial charge in [-0.05, 0) is 24.2 Å². The summed E-state index contributed by atoms with van der Waals surface area (Å²) in [5.41, 5.74) is 6.20. The van der Waals surface area contributed by atoms with Crippen LogP contribution in [0, 0.1) is 11.3 Å². The molecule has 0 bridgehead atoms. The van der Waals surface area contributed by atoms with Crippen LogP contribution >= 0.6 is 0 Å². The van der Waals surface area contributed by atoms with Crippen LogP contribution in [0.5, 0.6) is 0 Å². The smallest absolute Gasteiger partial charge is 0.188 e. The molecule has 0 aromatic rings. The standard InChI is InChI=1S/C12H25N3/c1-10(2)8-14-11(13)15-9-12(3)6-4-5-7-12/h10H,4-9H2,1-3H3,(H3,13,14,15). The van der Waals surface area contributed by atoms with E-state index in [2.05, 4.69) is 31.1 Å². The second kappa shape index (κ2) is 5.38. The van der Waals surface area contributed by atoms with Crippen LogP contribution in [0.3, 0.4) is 0 Å². The Morgan fingerprint density at radius 3 is 2.53 bits per heavy atom. The number of nitrogens with zero attached hydrogens (tertiary/aromatic N) is 1. The summed E-state index contributed by atoms with van der Waals surface area (Å²) < 4.78 is 0. The molecule has 1 saturated carbocycles. The number of rotatable bonds is 4. The summed E-state index contributed by atoms with van der Waals surface area (Å²) in [6, 6.07) is 0. The van der Waals surface area contributed by atoms with E-state index >= 15 is 0 Å². The molecule has 1 aliphatic carbocycles. The average Bonchev–Trinajstić information content (AvgIpc) is 2.60. The summed E-state index contributed by atoms with van der Waals surface area (Å²) in [5.74, 6) is 1.22. The molecule has 88 valence electrons. The maximum atomic E-state index is 5.80. The molecule has 0 heterocycles. The van der Waals surface area contributed by atoms with Crippen LogP contribution < -0.4 is 11.1 Å². The molecule has 0 saturated heterocycles. The van der Waals surface area contributed by atoms with E-state index in [1.165, 1.54) is 25.7 Å². The van der Waals surface area contributed by atoms with Crippen LogP contribution in [0.1, 0.15) is 46.5 Å². The predicted molar refractivity (Wildman–Crippen MR) is 65.9 cm³/mol. The maximum Gasteiger partial charge on any atom is 0.188 e. The molecule has 0 unspecified atom stereocenters. The summed E-state index contributed by atoms with van der Waals surface area (Å²) in [6.07, 6.45) is 5.30. The van der Waals surface area contributed by atoms with E-state index in [1.807, 2.05) is 0 Å². The van der Waals surface area contributed by atoms with Crippen LogP contribution in [0.25, 0.3) is 0 Å². The van der Waals surface area contributed by atoms with Crippen molar-refractivity contribution in [1.82, 2.24) is 5.32 Å². The minimum Gasteiger partial charge on any atom is -0.370 e. The third kappa shape index (κ3) is 4.54. The van der Waals surface area contributed by atoms with Crippen LogP contribution in [0.15, 0.2) is 4.99 Å². The van der Waals surface area contributed by atoms with E-state index in [4.69, 9.17) is 5.73 Å². The number of guanidine groups is 1. The first-order chi connectivity index (χ1) is 7.02. The predicted octanol–water partition coefficient (Wildman–Crippen LogP) is 2.13. The first-order valence-corrected chi connectivity index (χ1v) is 6.06. The van der Waals surface area contributed by atoms with Gasteiger partial charge in [0.25, 0.3) is 0 Å². The molecule has 1 rings (SSSR count). The zero-order valence-electron chi connectivity index (χ0n) is 10.3. The molecule has 15 heavy (non-hydrogen) atoms. The Morgan fingerprint density at radius 1 is 1.40 bits per heavy atom. The lowest BCUT2D eigenvalue weighted by molar-refractivity contribution is 0.350. The summed E-state index contributed by atoms with van der Waals surface area (Å²) in [5, 5.41) is 3.15. The van der Waals surface area contributed by atoms with Gasteiger partial charge in [0.1, 0.15) is 0 Å². The molecule has 0 spiro atoms. The Morgan fingerprint density at radius 2 is 2.00 bits per heavy atom. The maximum absolute atomic E-state index is 5.80. The van der Waals surface area contributed by atoms with E-state index in [9.17, 15) is 0 Å². The quantitative estimate of drug-likeness (QED) is 0.553. The highest BCUT2D eigenvalue weighted by atomic mass is 15.1. The van der Waals surface area contributed by atoms with Crippen molar-refractivity contribution in [3.05, 3.63) is 0 Å². The SMILES string of the molecule is CC(C)CNC(N)=NCC1(C)CCCC1. The van der Waals surface area contributed by atoms with Gasteiger partial charge in [-0.25, -0.2) is 0 Å². The summed E-state index contributed by atoms with van der Waals surface area (Å²) in [6.45, 7) is 8.44. The molecule has 0 aliphatic heterocycles. The van der Waals surface area contributed by atoms with E-state index in [0.717, 1.165) is 13.1 Å². The van der Waals surface area contributed by atoms with Gasteiger partial charge in [-0.15, -0.1) is 0 Å². The Hall–Kier alpha value is -0.730. The van der Waals surface area contributed by atoms with Crippen molar-refractivity contribution in [2.75, 3.05) is 13.1 Å².